The van der Waals surface area contributed by atoms with E-state index in [2.05, 4.69) is 137 Å². The molecule has 0 saturated carbocycles. The molecule has 0 aromatic rings. The molecular weight excluding hydrogens is 908 g/mol. The van der Waals surface area contributed by atoms with E-state index in [4.69, 9.17) is 13.8 Å². The molecule has 1 aliphatic heterocycles. The maximum absolute atomic E-state index is 12.4. The van der Waals surface area contributed by atoms with Gasteiger partial charge in [-0.25, -0.2) is 4.57 Å². The van der Waals surface area contributed by atoms with E-state index in [9.17, 15) is 29.9 Å². The highest BCUT2D eigenvalue weighted by Gasteiger charge is 2.46. The Bertz CT molecular complexity index is 1930. The molecule has 9 nitrogen and oxygen atoms in total. The van der Waals surface area contributed by atoms with Crippen LogP contribution in [0.4, 0.5) is 0 Å². The molecule has 0 aromatic heterocycles. The smallest absolute Gasteiger partial charge is 0.394 e. The van der Waals surface area contributed by atoms with Gasteiger partial charge in [0.2, 0.25) is 0 Å². The summed E-state index contributed by atoms with van der Waals surface area (Å²) in [6.45, 7) is 25.7. The van der Waals surface area contributed by atoms with Crippen molar-refractivity contribution in [3.63, 3.8) is 0 Å². The number of rotatable bonds is 36. The third-order valence-corrected chi connectivity index (χ3v) is 14.1. The molecule has 1 heterocycles. The Hall–Kier alpha value is -2.95. The van der Waals surface area contributed by atoms with E-state index in [1.807, 2.05) is 6.92 Å². The first-order chi connectivity index (χ1) is 33.6. The van der Waals surface area contributed by atoms with Gasteiger partial charge in [0, 0.05) is 0 Å². The van der Waals surface area contributed by atoms with Crippen LogP contribution in [0, 0.1) is 0 Å². The standard InChI is InChI=1S/C61H101O9P/c1-46(2)23-13-24-47(3)25-14-26-48(4)27-15-28-49(5)29-16-30-50(6)31-17-32-51(7)33-18-34-52(8)35-19-36-53(9)37-20-38-54(10)39-21-40-55(11)41-22-42-56(12)43-44-68-71(66,67)70-61-60(65)59(64)58(63)57(45-62)69-61/h23,25,27,29,31,33,35,37,39,41,43,57-65H,13-22,24,26,28,30,32,34,36,38,40,42,44-45H2,1-12H3,(H,66,67)/b47-25+,48-27+,49-29-,50-31-,51-33-,52-35-,53-37-,54-39-,55-41-,56-43-. The molecule has 0 aromatic carbocycles. The van der Waals surface area contributed by atoms with Crippen LogP contribution in [0.2, 0.25) is 0 Å². The second-order valence-electron chi connectivity index (χ2n) is 20.7. The fourth-order valence-corrected chi connectivity index (χ4v) is 8.88. The number of phosphoric ester groups is 1. The Kier molecular flexibility index (Phi) is 35.9. The summed E-state index contributed by atoms with van der Waals surface area (Å²) in [5, 5.41) is 39.1. The monoisotopic (exact) mass is 1010 g/mol. The third-order valence-electron chi connectivity index (χ3n) is 13.1. The van der Waals surface area contributed by atoms with Crippen LogP contribution in [0.25, 0.3) is 0 Å². The van der Waals surface area contributed by atoms with Crippen molar-refractivity contribution >= 4 is 7.82 Å². The predicted octanol–water partition coefficient (Wildman–Crippen LogP) is 16.2. The SMILES string of the molecule is CC(C)=CCC/C(C)=C/CC/C(C)=C/CC/C(C)=C\CC/C(C)=C\CC/C(C)=C\CC/C(C)=C\CC/C(C)=C\CC/C(C)=C\CC/C(C)=C\CC/C(C)=C\COP(=O)(O)OC1OC(CO)C(O)C(O)C1O. The Morgan fingerprint density at radius 1 is 0.408 bits per heavy atom. The number of allylic oxidation sites excluding steroid dienone is 21. The van der Waals surface area contributed by atoms with Gasteiger partial charge in [0.05, 0.1) is 13.2 Å². The van der Waals surface area contributed by atoms with Gasteiger partial charge in [0.25, 0.3) is 0 Å². The van der Waals surface area contributed by atoms with E-state index in [-0.39, 0.29) is 6.61 Å². The molecule has 404 valence electrons. The first-order valence-electron chi connectivity index (χ1n) is 26.8. The minimum Gasteiger partial charge on any atom is -0.394 e. The van der Waals surface area contributed by atoms with Crippen molar-refractivity contribution in [2.24, 2.45) is 0 Å². The van der Waals surface area contributed by atoms with E-state index >= 15 is 0 Å². The Morgan fingerprint density at radius 2 is 0.662 bits per heavy atom. The molecule has 6 unspecified atom stereocenters. The summed E-state index contributed by atoms with van der Waals surface area (Å²) in [4.78, 5) is 10.1. The Morgan fingerprint density at radius 3 is 0.915 bits per heavy atom. The van der Waals surface area contributed by atoms with Crippen molar-refractivity contribution < 1.29 is 43.7 Å². The van der Waals surface area contributed by atoms with Crippen LogP contribution in [-0.4, -0.2) is 69.2 Å². The lowest BCUT2D eigenvalue weighted by Crippen LogP contribution is -2.58. The number of ether oxygens (including phenoxy) is 1. The molecule has 71 heavy (non-hydrogen) atoms. The summed E-state index contributed by atoms with van der Waals surface area (Å²) in [6, 6.07) is 0. The second-order valence-corrected chi connectivity index (χ2v) is 22.1. The second kappa shape index (κ2) is 38.6. The predicted molar refractivity (Wildman–Crippen MR) is 300 cm³/mol. The van der Waals surface area contributed by atoms with Crippen molar-refractivity contribution in [3.8, 4) is 0 Å². The molecule has 0 radical (unpaired) electrons. The van der Waals surface area contributed by atoms with E-state index in [1.54, 1.807) is 6.08 Å². The topological polar surface area (TPSA) is 146 Å². The molecule has 1 rings (SSSR count). The quantitative estimate of drug-likeness (QED) is 0.0306. The summed E-state index contributed by atoms with van der Waals surface area (Å²) in [7, 11) is -4.67. The van der Waals surface area contributed by atoms with Crippen molar-refractivity contribution in [1.29, 1.82) is 0 Å². The lowest BCUT2D eigenvalue weighted by molar-refractivity contribution is -0.281. The van der Waals surface area contributed by atoms with Gasteiger partial charge in [-0.1, -0.05) is 128 Å². The first kappa shape index (κ1) is 66.1. The summed E-state index contributed by atoms with van der Waals surface area (Å²) in [5.74, 6) is 0. The molecular formula is C61H101O9P. The van der Waals surface area contributed by atoms with E-state index in [0.717, 1.165) is 121 Å². The van der Waals surface area contributed by atoms with Gasteiger partial charge in [-0.15, -0.1) is 0 Å². The average Bonchev–Trinajstić information content (AvgIpc) is 3.29. The molecule has 10 heteroatoms. The van der Waals surface area contributed by atoms with E-state index in [0.29, 0.717) is 0 Å². The van der Waals surface area contributed by atoms with Gasteiger partial charge in [-0.3, -0.25) is 9.05 Å². The van der Waals surface area contributed by atoms with Crippen LogP contribution >= 0.6 is 7.82 Å². The maximum Gasteiger partial charge on any atom is 0.474 e. The van der Waals surface area contributed by atoms with Gasteiger partial charge < -0.3 is 30.1 Å². The Balaban J connectivity index is 2.26. The van der Waals surface area contributed by atoms with Crippen LogP contribution in [0.5, 0.6) is 0 Å². The fourth-order valence-electron chi connectivity index (χ4n) is 8.12. The molecule has 1 saturated heterocycles. The van der Waals surface area contributed by atoms with Crippen LogP contribution < -0.4 is 0 Å². The normalized spacial score (nSPS) is 21.8. The largest absolute Gasteiger partial charge is 0.474 e. The summed E-state index contributed by atoms with van der Waals surface area (Å²) in [5.41, 5.74) is 15.6. The van der Waals surface area contributed by atoms with E-state index < -0.39 is 45.1 Å². The lowest BCUT2D eigenvalue weighted by Gasteiger charge is -2.39. The molecule has 0 spiro atoms. The molecule has 5 N–H and O–H groups in total. The summed E-state index contributed by atoms with van der Waals surface area (Å²) >= 11 is 0. The summed E-state index contributed by atoms with van der Waals surface area (Å²) in [6.07, 6.45) is 39.1. The van der Waals surface area contributed by atoms with Gasteiger partial charge >= 0.3 is 7.82 Å². The summed E-state index contributed by atoms with van der Waals surface area (Å²) < 4.78 is 27.4. The van der Waals surface area contributed by atoms with Crippen molar-refractivity contribution in [1.82, 2.24) is 0 Å². The van der Waals surface area contributed by atoms with Crippen LogP contribution in [0.3, 0.4) is 0 Å². The zero-order chi connectivity index (χ0) is 53.2. The highest BCUT2D eigenvalue weighted by molar-refractivity contribution is 7.47. The van der Waals surface area contributed by atoms with Crippen molar-refractivity contribution in [2.75, 3.05) is 13.2 Å². The van der Waals surface area contributed by atoms with Gasteiger partial charge in [0.1, 0.15) is 24.4 Å². The molecule has 0 aliphatic carbocycles. The number of hydrogen-bond acceptors (Lipinski definition) is 8. The molecule has 1 aliphatic rings. The third kappa shape index (κ3) is 34.2. The number of hydrogen-bond donors (Lipinski definition) is 5. The average molecular weight is 1010 g/mol. The van der Waals surface area contributed by atoms with E-state index in [1.165, 1.54) is 68.6 Å². The zero-order valence-corrected chi connectivity index (χ0v) is 47.5. The number of aliphatic hydroxyl groups is 4. The minimum atomic E-state index is -4.67. The number of aliphatic hydroxyl groups excluding tert-OH is 4. The highest BCUT2D eigenvalue weighted by atomic mass is 31.2. The van der Waals surface area contributed by atoms with Gasteiger partial charge in [-0.05, 0) is 212 Å². The molecule has 0 bridgehead atoms. The van der Waals surface area contributed by atoms with Crippen molar-refractivity contribution in [2.45, 2.75) is 242 Å². The van der Waals surface area contributed by atoms with Gasteiger partial charge in [0.15, 0.2) is 6.29 Å². The first-order valence-corrected chi connectivity index (χ1v) is 28.3. The zero-order valence-electron chi connectivity index (χ0n) is 46.6. The molecule has 1 fully saturated rings. The Labute approximate surface area is 433 Å². The number of phosphoric acid groups is 1. The van der Waals surface area contributed by atoms with Crippen LogP contribution in [0.1, 0.15) is 212 Å². The fraction of sp³-hybridized carbons (Fsp3) is 0.639. The van der Waals surface area contributed by atoms with Crippen LogP contribution in [0.15, 0.2) is 128 Å². The lowest BCUT2D eigenvalue weighted by atomic mass is 10.00. The maximum atomic E-state index is 12.4. The molecule has 6 atom stereocenters. The van der Waals surface area contributed by atoms with Crippen LogP contribution in [-0.2, 0) is 18.3 Å². The van der Waals surface area contributed by atoms with Crippen molar-refractivity contribution in [3.05, 3.63) is 128 Å². The molecule has 0 amide bonds. The minimum absolute atomic E-state index is 0.207. The highest BCUT2D eigenvalue weighted by Crippen LogP contribution is 2.46. The van der Waals surface area contributed by atoms with Gasteiger partial charge in [-0.2, -0.15) is 0 Å².